The minimum absolute atomic E-state index is 0.315. The molecule has 0 bridgehead atoms. The molecule has 0 spiro atoms. The highest BCUT2D eigenvalue weighted by Gasteiger charge is 2.18. The molecule has 8 heteroatoms. The minimum Gasteiger partial charge on any atom is -0.436 e. The lowest BCUT2D eigenvalue weighted by Crippen LogP contribution is -2.23. The van der Waals surface area contributed by atoms with Crippen LogP contribution in [0.1, 0.15) is 10.4 Å². The van der Waals surface area contributed by atoms with Gasteiger partial charge in [0.2, 0.25) is 5.89 Å². The van der Waals surface area contributed by atoms with Crippen molar-refractivity contribution >= 4 is 22.7 Å². The molecule has 0 aliphatic heterocycles. The molecule has 0 saturated carbocycles. The van der Waals surface area contributed by atoms with Crippen LogP contribution in [0.15, 0.2) is 92.6 Å². The fourth-order valence-electron chi connectivity index (χ4n) is 3.85. The average Bonchev–Trinajstić information content (AvgIpc) is 3.47. The second kappa shape index (κ2) is 9.44. The SMILES string of the molecule is CN(C)CCn1c(=O)oc2ccc(NC(=O)c3ccccc3-c3ncc(-c4ccccc4)o3)cc21. The minimum atomic E-state index is -0.422. The molecule has 0 saturated heterocycles. The van der Waals surface area contributed by atoms with Gasteiger partial charge in [0.1, 0.15) is 0 Å². The van der Waals surface area contributed by atoms with Crippen LogP contribution in [0.25, 0.3) is 33.9 Å². The van der Waals surface area contributed by atoms with Gasteiger partial charge in [-0.25, -0.2) is 9.78 Å². The highest BCUT2D eigenvalue weighted by Crippen LogP contribution is 2.29. The number of fused-ring (bicyclic) bond motifs is 1. The number of rotatable bonds is 7. The molecule has 0 radical (unpaired) electrons. The van der Waals surface area contributed by atoms with E-state index in [9.17, 15) is 9.59 Å². The molecule has 8 nitrogen and oxygen atoms in total. The van der Waals surface area contributed by atoms with Gasteiger partial charge in [-0.1, -0.05) is 42.5 Å². The highest BCUT2D eigenvalue weighted by atomic mass is 16.4. The van der Waals surface area contributed by atoms with Crippen molar-refractivity contribution in [3.05, 3.63) is 95.1 Å². The fourth-order valence-corrected chi connectivity index (χ4v) is 3.85. The standard InChI is InChI=1S/C27H24N4O4/c1-30(2)14-15-31-22-16-19(12-13-23(22)35-27(31)33)29-25(32)20-10-6-7-11-21(20)26-28-17-24(34-26)18-8-4-3-5-9-18/h3-13,16-17H,14-15H2,1-2H3,(H,29,32). The van der Waals surface area contributed by atoms with E-state index < -0.39 is 5.76 Å². The predicted octanol–water partition coefficient (Wildman–Crippen LogP) is 4.73. The summed E-state index contributed by atoms with van der Waals surface area (Å²) >= 11 is 0. The van der Waals surface area contributed by atoms with Crippen LogP contribution in [0.3, 0.4) is 0 Å². The molecule has 2 aromatic heterocycles. The number of likely N-dealkylation sites (N-methyl/N-ethyl adjacent to an activating group) is 1. The van der Waals surface area contributed by atoms with Gasteiger partial charge in [-0.3, -0.25) is 9.36 Å². The number of nitrogens with one attached hydrogen (secondary N) is 1. The van der Waals surface area contributed by atoms with Crippen molar-refractivity contribution in [1.82, 2.24) is 14.5 Å². The van der Waals surface area contributed by atoms with E-state index >= 15 is 0 Å². The molecule has 5 aromatic rings. The lowest BCUT2D eigenvalue weighted by atomic mass is 10.1. The van der Waals surface area contributed by atoms with Gasteiger partial charge >= 0.3 is 5.76 Å². The molecule has 0 unspecified atom stereocenters. The molecule has 1 N–H and O–H groups in total. The van der Waals surface area contributed by atoms with Crippen molar-refractivity contribution in [2.75, 3.05) is 26.0 Å². The topological polar surface area (TPSA) is 93.5 Å². The van der Waals surface area contributed by atoms with E-state index in [1.54, 1.807) is 47.2 Å². The number of oxazole rings is 2. The third kappa shape index (κ3) is 4.64. The Balaban J connectivity index is 1.43. The summed E-state index contributed by atoms with van der Waals surface area (Å²) in [5.74, 6) is 0.244. The van der Waals surface area contributed by atoms with Crippen molar-refractivity contribution in [3.63, 3.8) is 0 Å². The van der Waals surface area contributed by atoms with Gasteiger partial charge < -0.3 is 19.1 Å². The number of amides is 1. The van der Waals surface area contributed by atoms with E-state index in [0.717, 1.165) is 5.56 Å². The van der Waals surface area contributed by atoms with Crippen LogP contribution >= 0.6 is 0 Å². The largest absolute Gasteiger partial charge is 0.436 e. The van der Waals surface area contributed by atoms with Gasteiger partial charge in [0.05, 0.1) is 17.3 Å². The number of nitrogens with zero attached hydrogens (tertiary/aromatic N) is 3. The smallest absolute Gasteiger partial charge is 0.419 e. The summed E-state index contributed by atoms with van der Waals surface area (Å²) < 4.78 is 12.9. The Morgan fingerprint density at radius 1 is 1.00 bits per heavy atom. The quantitative estimate of drug-likeness (QED) is 0.371. The van der Waals surface area contributed by atoms with E-state index in [2.05, 4.69) is 10.3 Å². The first-order chi connectivity index (χ1) is 17.0. The molecular weight excluding hydrogens is 444 g/mol. The molecule has 0 aliphatic rings. The molecule has 1 amide bonds. The van der Waals surface area contributed by atoms with E-state index in [0.29, 0.717) is 52.7 Å². The van der Waals surface area contributed by atoms with E-state index in [4.69, 9.17) is 8.83 Å². The van der Waals surface area contributed by atoms with Crippen molar-refractivity contribution < 1.29 is 13.6 Å². The Morgan fingerprint density at radius 2 is 1.77 bits per heavy atom. The fraction of sp³-hybridized carbons (Fsp3) is 0.148. The van der Waals surface area contributed by atoms with Gasteiger partial charge in [0, 0.05) is 29.9 Å². The van der Waals surface area contributed by atoms with E-state index in [-0.39, 0.29) is 5.91 Å². The van der Waals surface area contributed by atoms with Gasteiger partial charge in [-0.2, -0.15) is 0 Å². The first-order valence-electron chi connectivity index (χ1n) is 11.2. The Morgan fingerprint density at radius 3 is 2.57 bits per heavy atom. The normalized spacial score (nSPS) is 11.3. The highest BCUT2D eigenvalue weighted by molar-refractivity contribution is 6.08. The third-order valence-electron chi connectivity index (χ3n) is 5.66. The Hall–Kier alpha value is -4.43. The van der Waals surface area contributed by atoms with Gasteiger partial charge in [0.15, 0.2) is 11.3 Å². The number of aromatic nitrogens is 2. The summed E-state index contributed by atoms with van der Waals surface area (Å²) in [6.07, 6.45) is 1.65. The zero-order valence-electron chi connectivity index (χ0n) is 19.4. The van der Waals surface area contributed by atoms with Gasteiger partial charge in [-0.05, 0) is 44.4 Å². The van der Waals surface area contributed by atoms with Crippen LogP contribution in [0.4, 0.5) is 5.69 Å². The second-order valence-electron chi connectivity index (χ2n) is 8.40. The van der Waals surface area contributed by atoms with Crippen LogP contribution < -0.4 is 11.1 Å². The monoisotopic (exact) mass is 468 g/mol. The Bertz CT molecular complexity index is 1550. The zero-order chi connectivity index (χ0) is 24.4. The summed E-state index contributed by atoms with van der Waals surface area (Å²) in [5, 5.41) is 2.92. The number of hydrogen-bond donors (Lipinski definition) is 1. The Kier molecular flexibility index (Phi) is 6.03. The number of carbonyl (C=O) groups is 1. The number of anilines is 1. The average molecular weight is 469 g/mol. The van der Waals surface area contributed by atoms with Gasteiger partial charge in [-0.15, -0.1) is 0 Å². The molecule has 3 aromatic carbocycles. The maximum absolute atomic E-state index is 13.2. The molecular formula is C27H24N4O4. The van der Waals surface area contributed by atoms with Gasteiger partial charge in [0.25, 0.3) is 5.91 Å². The van der Waals surface area contributed by atoms with Crippen LogP contribution in [0.5, 0.6) is 0 Å². The van der Waals surface area contributed by atoms with E-state index in [1.165, 1.54) is 0 Å². The molecule has 176 valence electrons. The van der Waals surface area contributed by atoms with Crippen LogP contribution in [0.2, 0.25) is 0 Å². The van der Waals surface area contributed by atoms with Crippen molar-refractivity contribution in [2.45, 2.75) is 6.54 Å². The number of carbonyl (C=O) groups excluding carboxylic acids is 1. The molecule has 5 rings (SSSR count). The maximum Gasteiger partial charge on any atom is 0.419 e. The summed E-state index contributed by atoms with van der Waals surface area (Å²) in [6, 6.07) is 21.9. The third-order valence-corrected chi connectivity index (χ3v) is 5.66. The van der Waals surface area contributed by atoms with Crippen molar-refractivity contribution in [2.24, 2.45) is 0 Å². The second-order valence-corrected chi connectivity index (χ2v) is 8.40. The van der Waals surface area contributed by atoms with Crippen LogP contribution in [-0.2, 0) is 6.54 Å². The molecule has 0 atom stereocenters. The predicted molar refractivity (Wildman–Crippen MR) is 134 cm³/mol. The summed E-state index contributed by atoms with van der Waals surface area (Å²) in [5.41, 5.74) is 3.56. The van der Waals surface area contributed by atoms with E-state index in [1.807, 2.05) is 55.4 Å². The molecule has 35 heavy (non-hydrogen) atoms. The first-order valence-corrected chi connectivity index (χ1v) is 11.2. The molecule has 2 heterocycles. The summed E-state index contributed by atoms with van der Waals surface area (Å²) in [7, 11) is 3.88. The zero-order valence-corrected chi connectivity index (χ0v) is 19.4. The summed E-state index contributed by atoms with van der Waals surface area (Å²) in [4.78, 5) is 31.9. The van der Waals surface area contributed by atoms with Crippen LogP contribution in [0, 0.1) is 0 Å². The Labute approximate surface area is 201 Å². The summed E-state index contributed by atoms with van der Waals surface area (Å²) in [6.45, 7) is 1.16. The molecule has 0 aliphatic carbocycles. The van der Waals surface area contributed by atoms with Crippen molar-refractivity contribution in [1.29, 1.82) is 0 Å². The lowest BCUT2D eigenvalue weighted by molar-refractivity contribution is 0.102. The van der Waals surface area contributed by atoms with Crippen molar-refractivity contribution in [3.8, 4) is 22.8 Å². The molecule has 0 fully saturated rings. The maximum atomic E-state index is 13.2. The van der Waals surface area contributed by atoms with Crippen LogP contribution in [-0.4, -0.2) is 41.0 Å². The number of benzene rings is 3. The first kappa shape index (κ1) is 22.4. The lowest BCUT2D eigenvalue weighted by Gasteiger charge is -2.10. The number of hydrogen-bond acceptors (Lipinski definition) is 6.